The number of amides is 3. The molecule has 4 N–H and O–H groups in total. The Balaban J connectivity index is 1.59. The molecule has 0 aliphatic carbocycles. The lowest BCUT2D eigenvalue weighted by molar-refractivity contribution is -0.123. The van der Waals surface area contributed by atoms with E-state index in [1.165, 1.54) is 6.92 Å². The van der Waals surface area contributed by atoms with Crippen molar-refractivity contribution < 1.29 is 14.4 Å². The summed E-state index contributed by atoms with van der Waals surface area (Å²) < 4.78 is 0. The third-order valence-corrected chi connectivity index (χ3v) is 5.85. The maximum Gasteiger partial charge on any atom is 0.226 e. The topological polar surface area (TPSA) is 105 Å². The van der Waals surface area contributed by atoms with Crippen LogP contribution in [0.4, 0.5) is 5.69 Å². The van der Waals surface area contributed by atoms with Crippen LogP contribution in [0.15, 0.2) is 48.5 Å². The van der Waals surface area contributed by atoms with Gasteiger partial charge < -0.3 is 16.4 Å². The number of anilines is 1. The van der Waals surface area contributed by atoms with Crippen LogP contribution in [0.3, 0.4) is 0 Å². The van der Waals surface area contributed by atoms with E-state index < -0.39 is 0 Å². The predicted molar refractivity (Wildman–Crippen MR) is 125 cm³/mol. The van der Waals surface area contributed by atoms with Gasteiger partial charge in [-0.25, -0.2) is 0 Å². The van der Waals surface area contributed by atoms with E-state index in [2.05, 4.69) is 15.5 Å². The fraction of sp³-hybridized carbons (Fsp3) is 0.400. The Morgan fingerprint density at radius 2 is 1.78 bits per heavy atom. The maximum atomic E-state index is 12.7. The molecular formula is C25H32N4O3. The van der Waals surface area contributed by atoms with Gasteiger partial charge in [0.05, 0.1) is 12.5 Å². The third-order valence-electron chi connectivity index (χ3n) is 5.85. The van der Waals surface area contributed by atoms with Crippen LogP contribution in [-0.2, 0) is 20.9 Å². The number of piperidine rings is 1. The second kappa shape index (κ2) is 10.9. The molecule has 2 aromatic rings. The first-order valence-electron chi connectivity index (χ1n) is 11.0. The van der Waals surface area contributed by atoms with Gasteiger partial charge in [0, 0.05) is 25.1 Å². The predicted octanol–water partition coefficient (Wildman–Crippen LogP) is 2.90. The molecule has 170 valence electrons. The lowest BCUT2D eigenvalue weighted by Crippen LogP contribution is -2.38. The Morgan fingerprint density at radius 3 is 2.41 bits per heavy atom. The Labute approximate surface area is 189 Å². The SMILES string of the molecule is CC(=O)NC(CC(=O)Nc1cccc(CN2CCC(C(N)=O)CC2)c1)c1ccc(C)cc1. The number of hydrogen-bond donors (Lipinski definition) is 3. The van der Waals surface area contributed by atoms with Crippen LogP contribution in [0.2, 0.25) is 0 Å². The molecule has 1 heterocycles. The first-order valence-corrected chi connectivity index (χ1v) is 11.0. The maximum absolute atomic E-state index is 12.7. The van der Waals surface area contributed by atoms with Gasteiger partial charge in [-0.05, 0) is 56.1 Å². The van der Waals surface area contributed by atoms with Gasteiger partial charge in [-0.3, -0.25) is 19.3 Å². The average molecular weight is 437 g/mol. The number of rotatable bonds is 8. The van der Waals surface area contributed by atoms with Crippen LogP contribution in [0.25, 0.3) is 0 Å². The van der Waals surface area contributed by atoms with E-state index in [1.54, 1.807) is 0 Å². The normalized spacial score (nSPS) is 15.7. The summed E-state index contributed by atoms with van der Waals surface area (Å²) >= 11 is 0. The largest absolute Gasteiger partial charge is 0.369 e. The van der Waals surface area contributed by atoms with Crippen LogP contribution in [-0.4, -0.2) is 35.7 Å². The molecule has 32 heavy (non-hydrogen) atoms. The van der Waals surface area contributed by atoms with E-state index in [4.69, 9.17) is 5.73 Å². The van der Waals surface area contributed by atoms with E-state index in [-0.39, 0.29) is 36.1 Å². The zero-order chi connectivity index (χ0) is 23.1. The number of benzene rings is 2. The van der Waals surface area contributed by atoms with Gasteiger partial charge in [-0.15, -0.1) is 0 Å². The highest BCUT2D eigenvalue weighted by molar-refractivity contribution is 5.91. The van der Waals surface area contributed by atoms with Gasteiger partial charge in [-0.2, -0.15) is 0 Å². The summed E-state index contributed by atoms with van der Waals surface area (Å²) in [6, 6.07) is 15.2. The number of carbonyl (C=O) groups excluding carboxylic acids is 3. The molecule has 1 saturated heterocycles. The summed E-state index contributed by atoms with van der Waals surface area (Å²) in [6.45, 7) is 5.87. The molecule has 3 amide bonds. The van der Waals surface area contributed by atoms with Crippen molar-refractivity contribution in [3.05, 3.63) is 65.2 Å². The number of aryl methyl sites for hydroxylation is 1. The van der Waals surface area contributed by atoms with E-state index in [0.29, 0.717) is 0 Å². The van der Waals surface area contributed by atoms with E-state index in [9.17, 15) is 14.4 Å². The Kier molecular flexibility index (Phi) is 8.00. The molecule has 1 fully saturated rings. The van der Waals surface area contributed by atoms with E-state index in [1.807, 2.05) is 55.5 Å². The number of nitrogens with two attached hydrogens (primary N) is 1. The fourth-order valence-electron chi connectivity index (χ4n) is 4.07. The Bertz CT molecular complexity index is 950. The van der Waals surface area contributed by atoms with Crippen LogP contribution in [0, 0.1) is 12.8 Å². The highest BCUT2D eigenvalue weighted by Crippen LogP contribution is 2.21. The number of carbonyl (C=O) groups is 3. The third kappa shape index (κ3) is 6.92. The molecule has 1 unspecified atom stereocenters. The summed E-state index contributed by atoms with van der Waals surface area (Å²) in [5.41, 5.74) is 9.25. The van der Waals surface area contributed by atoms with Gasteiger partial charge in [0.2, 0.25) is 17.7 Å². The second-order valence-corrected chi connectivity index (χ2v) is 8.57. The Hall–Kier alpha value is -3.19. The van der Waals surface area contributed by atoms with Crippen LogP contribution in [0.5, 0.6) is 0 Å². The second-order valence-electron chi connectivity index (χ2n) is 8.57. The van der Waals surface area contributed by atoms with Crippen LogP contribution >= 0.6 is 0 Å². The van der Waals surface area contributed by atoms with Crippen molar-refractivity contribution >= 4 is 23.4 Å². The van der Waals surface area contributed by atoms with Gasteiger partial charge in [-0.1, -0.05) is 42.0 Å². The van der Waals surface area contributed by atoms with Crippen LogP contribution < -0.4 is 16.4 Å². The molecular weight excluding hydrogens is 404 g/mol. The smallest absolute Gasteiger partial charge is 0.226 e. The first kappa shape index (κ1) is 23.5. The standard InChI is InChI=1S/C25H32N4O3/c1-17-6-8-20(9-7-17)23(27-18(2)30)15-24(31)28-22-5-3-4-19(14-22)16-29-12-10-21(11-13-29)25(26)32/h3-9,14,21,23H,10-13,15-16H2,1-2H3,(H2,26,32)(H,27,30)(H,28,31). The molecule has 7 heteroatoms. The van der Waals surface area contributed by atoms with Crippen LogP contribution in [0.1, 0.15) is 48.9 Å². The number of nitrogens with zero attached hydrogens (tertiary/aromatic N) is 1. The number of hydrogen-bond acceptors (Lipinski definition) is 4. The number of nitrogens with one attached hydrogen (secondary N) is 2. The fourth-order valence-corrected chi connectivity index (χ4v) is 4.07. The molecule has 1 aliphatic rings. The number of likely N-dealkylation sites (tertiary alicyclic amines) is 1. The highest BCUT2D eigenvalue weighted by atomic mass is 16.2. The zero-order valence-corrected chi connectivity index (χ0v) is 18.8. The number of primary amides is 1. The van der Waals surface area contributed by atoms with Crippen molar-refractivity contribution in [1.82, 2.24) is 10.2 Å². The first-order chi connectivity index (χ1) is 15.3. The molecule has 7 nitrogen and oxygen atoms in total. The lowest BCUT2D eigenvalue weighted by atomic mass is 9.96. The van der Waals surface area contributed by atoms with Crippen molar-refractivity contribution in [2.45, 2.75) is 45.7 Å². The van der Waals surface area contributed by atoms with E-state index >= 15 is 0 Å². The van der Waals surface area contributed by atoms with Gasteiger partial charge in [0.25, 0.3) is 0 Å². The van der Waals surface area contributed by atoms with Crippen molar-refractivity contribution in [3.63, 3.8) is 0 Å². The molecule has 0 aromatic heterocycles. The summed E-state index contributed by atoms with van der Waals surface area (Å²) in [4.78, 5) is 38.0. The molecule has 0 radical (unpaired) electrons. The minimum absolute atomic E-state index is 0.0260. The van der Waals surface area contributed by atoms with E-state index in [0.717, 1.165) is 54.9 Å². The molecule has 0 bridgehead atoms. The quantitative estimate of drug-likeness (QED) is 0.592. The minimum Gasteiger partial charge on any atom is -0.369 e. The zero-order valence-electron chi connectivity index (χ0n) is 18.8. The molecule has 1 aliphatic heterocycles. The summed E-state index contributed by atoms with van der Waals surface area (Å²) in [5.74, 6) is -0.575. The monoisotopic (exact) mass is 436 g/mol. The lowest BCUT2D eigenvalue weighted by Gasteiger charge is -2.30. The minimum atomic E-state index is -0.386. The Morgan fingerprint density at radius 1 is 1.09 bits per heavy atom. The summed E-state index contributed by atoms with van der Waals surface area (Å²) in [6.07, 6.45) is 1.72. The summed E-state index contributed by atoms with van der Waals surface area (Å²) in [5, 5.41) is 5.83. The van der Waals surface area contributed by atoms with Gasteiger partial charge in [0.1, 0.15) is 0 Å². The molecule has 0 spiro atoms. The van der Waals surface area contributed by atoms with Crippen molar-refractivity contribution in [3.8, 4) is 0 Å². The van der Waals surface area contributed by atoms with Gasteiger partial charge >= 0.3 is 0 Å². The summed E-state index contributed by atoms with van der Waals surface area (Å²) in [7, 11) is 0. The van der Waals surface area contributed by atoms with Crippen molar-refractivity contribution in [2.75, 3.05) is 18.4 Å². The van der Waals surface area contributed by atoms with Crippen molar-refractivity contribution in [1.29, 1.82) is 0 Å². The van der Waals surface area contributed by atoms with Gasteiger partial charge in [0.15, 0.2) is 0 Å². The van der Waals surface area contributed by atoms with Crippen molar-refractivity contribution in [2.24, 2.45) is 11.7 Å². The molecule has 3 rings (SSSR count). The molecule has 1 atom stereocenters. The highest BCUT2D eigenvalue weighted by Gasteiger charge is 2.23. The average Bonchev–Trinajstić information content (AvgIpc) is 2.74. The molecule has 0 saturated carbocycles. The molecule has 2 aromatic carbocycles.